The summed E-state index contributed by atoms with van der Waals surface area (Å²) in [6, 6.07) is 0. The van der Waals surface area contributed by atoms with Crippen molar-refractivity contribution in [2.24, 2.45) is 0 Å². The lowest BCUT2D eigenvalue weighted by Crippen LogP contribution is -2.41. The Kier molecular flexibility index (Phi) is 10.4. The normalized spacial score (nSPS) is 28.7. The van der Waals surface area contributed by atoms with Crippen LogP contribution < -0.4 is 0 Å². The van der Waals surface area contributed by atoms with E-state index in [0.29, 0.717) is 0 Å². The molecule has 0 N–H and O–H groups in total. The maximum Gasteiger partial charge on any atom is 0.458 e. The quantitative estimate of drug-likeness (QED) is 0.159. The van der Waals surface area contributed by atoms with Crippen molar-refractivity contribution >= 4 is 28.5 Å². The Hall–Kier alpha value is -0.0603. The molecule has 256 valence electrons. The number of hydrogen-bond acceptors (Lipinski definition) is 8. The molecular formula is C33H64B4O8. The summed E-state index contributed by atoms with van der Waals surface area (Å²) in [5, 5.41) is 0. The molecule has 45 heavy (non-hydrogen) atoms. The second-order valence-electron chi connectivity index (χ2n) is 18.2. The summed E-state index contributed by atoms with van der Waals surface area (Å²) in [6.45, 7) is 33.7. The van der Waals surface area contributed by atoms with E-state index in [1.807, 2.05) is 0 Å². The molecule has 0 spiro atoms. The zero-order chi connectivity index (χ0) is 34.1. The van der Waals surface area contributed by atoms with Crippen LogP contribution in [0, 0.1) is 0 Å². The van der Waals surface area contributed by atoms with E-state index >= 15 is 0 Å². The third-order valence-electron chi connectivity index (χ3n) is 12.6. The zero-order valence-corrected chi connectivity index (χ0v) is 31.7. The van der Waals surface area contributed by atoms with Crippen LogP contribution in [0.25, 0.3) is 0 Å². The highest BCUT2D eigenvalue weighted by molar-refractivity contribution is 6.69. The predicted molar refractivity (Wildman–Crippen MR) is 184 cm³/mol. The second-order valence-corrected chi connectivity index (χ2v) is 18.2. The van der Waals surface area contributed by atoms with E-state index in [1.165, 1.54) is 0 Å². The first-order valence-corrected chi connectivity index (χ1v) is 17.7. The van der Waals surface area contributed by atoms with Crippen LogP contribution in [0.2, 0.25) is 11.4 Å². The molecular weight excluding hydrogens is 568 g/mol. The van der Waals surface area contributed by atoms with Crippen molar-refractivity contribution in [2.75, 3.05) is 0 Å². The van der Waals surface area contributed by atoms with E-state index in [4.69, 9.17) is 37.2 Å². The molecule has 0 amide bonds. The topological polar surface area (TPSA) is 73.8 Å². The zero-order valence-electron chi connectivity index (χ0n) is 31.7. The summed E-state index contributed by atoms with van der Waals surface area (Å²) in [6.07, 6.45) is 7.31. The van der Waals surface area contributed by atoms with Crippen LogP contribution in [-0.4, -0.2) is 73.3 Å². The molecule has 0 aromatic carbocycles. The first-order valence-electron chi connectivity index (χ1n) is 17.7. The average Bonchev–Trinajstić information content (AvgIpc) is 3.38. The molecule has 0 aromatic rings. The van der Waals surface area contributed by atoms with E-state index in [-0.39, 0.29) is 39.9 Å². The number of rotatable bonds is 12. The van der Waals surface area contributed by atoms with Crippen molar-refractivity contribution in [3.63, 3.8) is 0 Å². The van der Waals surface area contributed by atoms with Crippen LogP contribution >= 0.6 is 0 Å². The molecule has 0 bridgehead atoms. The highest BCUT2D eigenvalue weighted by atomic mass is 16.7. The summed E-state index contributed by atoms with van der Waals surface area (Å²) in [4.78, 5) is 0. The summed E-state index contributed by atoms with van der Waals surface area (Å²) in [5.74, 6) is 0. The van der Waals surface area contributed by atoms with Gasteiger partial charge in [0.1, 0.15) is 0 Å². The molecule has 4 aliphatic heterocycles. The molecule has 8 nitrogen and oxygen atoms in total. The van der Waals surface area contributed by atoms with Crippen molar-refractivity contribution < 1.29 is 37.2 Å². The average molecular weight is 632 g/mol. The molecule has 12 heteroatoms. The van der Waals surface area contributed by atoms with Gasteiger partial charge in [-0.1, -0.05) is 44.9 Å². The van der Waals surface area contributed by atoms with Gasteiger partial charge in [-0.15, -0.1) is 0 Å². The van der Waals surface area contributed by atoms with Gasteiger partial charge in [-0.3, -0.25) is 0 Å². The van der Waals surface area contributed by atoms with Crippen LogP contribution in [0.1, 0.15) is 156 Å². The van der Waals surface area contributed by atoms with E-state index < -0.39 is 44.8 Å². The fraction of sp³-hybridized carbons (Fsp3) is 1.00. The molecule has 0 radical (unpaired) electrons. The van der Waals surface area contributed by atoms with Gasteiger partial charge in [0.05, 0.1) is 44.8 Å². The number of unbranched alkanes of at least 4 members (excludes halogenated alkanes) is 4. The first-order chi connectivity index (χ1) is 20.2. The van der Waals surface area contributed by atoms with Crippen molar-refractivity contribution in [2.45, 2.75) is 212 Å². The van der Waals surface area contributed by atoms with Crippen LogP contribution in [0.3, 0.4) is 0 Å². The second kappa shape index (κ2) is 12.4. The third-order valence-corrected chi connectivity index (χ3v) is 12.6. The fourth-order valence-corrected chi connectivity index (χ4v) is 6.35. The molecule has 0 atom stereocenters. The van der Waals surface area contributed by atoms with Gasteiger partial charge in [0, 0.05) is 11.4 Å². The molecule has 0 saturated carbocycles. The van der Waals surface area contributed by atoms with E-state index in [1.54, 1.807) is 0 Å². The summed E-state index contributed by atoms with van der Waals surface area (Å²) in [5.41, 5.74) is -3.21. The minimum Gasteiger partial charge on any atom is -0.403 e. The molecule has 4 saturated heterocycles. The molecule has 4 aliphatic rings. The van der Waals surface area contributed by atoms with Gasteiger partial charge < -0.3 is 37.2 Å². The van der Waals surface area contributed by atoms with Gasteiger partial charge in [-0.2, -0.15) is 0 Å². The predicted octanol–water partition coefficient (Wildman–Crippen LogP) is 7.90. The van der Waals surface area contributed by atoms with Gasteiger partial charge in [0.2, 0.25) is 0 Å². The Morgan fingerprint density at radius 2 is 0.444 bits per heavy atom. The van der Waals surface area contributed by atoms with E-state index in [2.05, 4.69) is 111 Å². The van der Waals surface area contributed by atoms with Crippen LogP contribution in [-0.2, 0) is 37.2 Å². The largest absolute Gasteiger partial charge is 0.458 e. The van der Waals surface area contributed by atoms with Crippen molar-refractivity contribution in [1.29, 1.82) is 0 Å². The SMILES string of the molecule is CC1(C)OB(C(CCCCCCCC(B2OC(C)(C)C(C)(C)O2)B2OC(C)(C)C(C)(C)O2)B2OC(C)(C)C(C)(C)O2)OC1(C)C. The highest BCUT2D eigenvalue weighted by Gasteiger charge is 2.63. The van der Waals surface area contributed by atoms with Crippen LogP contribution in [0.15, 0.2) is 0 Å². The monoisotopic (exact) mass is 632 g/mol. The van der Waals surface area contributed by atoms with Gasteiger partial charge >= 0.3 is 28.5 Å². The summed E-state index contributed by atoms with van der Waals surface area (Å²) < 4.78 is 52.2. The molecule has 0 aliphatic carbocycles. The lowest BCUT2D eigenvalue weighted by atomic mass is 9.50. The maximum absolute atomic E-state index is 6.52. The Bertz CT molecular complexity index is 828. The smallest absolute Gasteiger partial charge is 0.403 e. The Labute approximate surface area is 277 Å². The summed E-state index contributed by atoms with van der Waals surface area (Å²) >= 11 is 0. The molecule has 4 rings (SSSR count). The Balaban J connectivity index is 1.33. The maximum atomic E-state index is 6.52. The van der Waals surface area contributed by atoms with Gasteiger partial charge in [0.25, 0.3) is 0 Å². The molecule has 0 unspecified atom stereocenters. The van der Waals surface area contributed by atoms with Crippen molar-refractivity contribution in [1.82, 2.24) is 0 Å². The lowest BCUT2D eigenvalue weighted by Gasteiger charge is -2.32. The van der Waals surface area contributed by atoms with Gasteiger partial charge in [-0.05, 0) is 111 Å². The standard InChI is InChI=1S/C33H64B4O8/c1-26(2)27(3,4)39-34(38-26)24(35-40-28(5,6)29(7,8)41-35)22-20-18-17-19-21-23-25(36-42-30(9,10)31(11,12)43-36)37-44-32(13,14)33(15,16)45-37/h24-25H,17-23H2,1-16H3. The fourth-order valence-electron chi connectivity index (χ4n) is 6.35. The van der Waals surface area contributed by atoms with Crippen LogP contribution in [0.5, 0.6) is 0 Å². The molecule has 0 aromatic heterocycles. The van der Waals surface area contributed by atoms with Crippen molar-refractivity contribution in [3.8, 4) is 0 Å². The van der Waals surface area contributed by atoms with Gasteiger partial charge in [0.15, 0.2) is 0 Å². The summed E-state index contributed by atoms with van der Waals surface area (Å²) in [7, 11) is -1.48. The van der Waals surface area contributed by atoms with Gasteiger partial charge in [-0.25, -0.2) is 0 Å². The minimum absolute atomic E-state index is 0.0109. The molecule has 4 fully saturated rings. The van der Waals surface area contributed by atoms with E-state index in [0.717, 1.165) is 44.9 Å². The van der Waals surface area contributed by atoms with Crippen molar-refractivity contribution in [3.05, 3.63) is 0 Å². The van der Waals surface area contributed by atoms with E-state index in [9.17, 15) is 0 Å². The Morgan fingerprint density at radius 3 is 0.622 bits per heavy atom. The number of hydrogen-bond donors (Lipinski definition) is 0. The lowest BCUT2D eigenvalue weighted by molar-refractivity contribution is 0.00578. The first kappa shape index (κ1) is 37.8. The molecule has 4 heterocycles. The highest BCUT2D eigenvalue weighted by Crippen LogP contribution is 2.48. The Morgan fingerprint density at radius 1 is 0.289 bits per heavy atom. The van der Waals surface area contributed by atoms with Crippen LogP contribution in [0.4, 0.5) is 0 Å². The third kappa shape index (κ3) is 7.44. The minimum atomic E-state index is -0.398.